The second kappa shape index (κ2) is 7.09. The van der Waals surface area contributed by atoms with Crippen LogP contribution in [-0.2, 0) is 4.79 Å². The molecule has 1 amide bonds. The number of carbonyl (C=O) groups is 1. The predicted octanol–water partition coefficient (Wildman–Crippen LogP) is 4.09. The number of nitrogens with zero attached hydrogens (tertiary/aromatic N) is 2. The van der Waals surface area contributed by atoms with Gasteiger partial charge in [0.05, 0.1) is 21.9 Å². The number of halogens is 1. The standard InChI is InChI=1S/C17H22BrN3O/c1-5-15(14-9-7-6-8-10-14)19-17(22)13(4)21-12(3)16(18)11(2)20-21/h6-10,13,15H,5H2,1-4H3,(H,19,22). The molecule has 0 bridgehead atoms. The average Bonchev–Trinajstić information content (AvgIpc) is 2.80. The zero-order chi connectivity index (χ0) is 16.3. The Kier molecular flexibility index (Phi) is 5.40. The summed E-state index contributed by atoms with van der Waals surface area (Å²) in [5.41, 5.74) is 2.99. The summed E-state index contributed by atoms with van der Waals surface area (Å²) in [7, 11) is 0. The van der Waals surface area contributed by atoms with Crippen LogP contribution in [0.3, 0.4) is 0 Å². The molecule has 0 aliphatic rings. The molecule has 0 radical (unpaired) electrons. The first-order valence-electron chi connectivity index (χ1n) is 7.52. The molecule has 2 atom stereocenters. The van der Waals surface area contributed by atoms with Crippen molar-refractivity contribution in [3.63, 3.8) is 0 Å². The van der Waals surface area contributed by atoms with Crippen LogP contribution in [0.5, 0.6) is 0 Å². The molecule has 0 saturated heterocycles. The molecule has 1 aromatic carbocycles. The fourth-order valence-corrected chi connectivity index (χ4v) is 2.79. The first-order chi connectivity index (χ1) is 10.5. The third kappa shape index (κ3) is 3.40. The van der Waals surface area contributed by atoms with Gasteiger partial charge in [-0.25, -0.2) is 0 Å². The molecule has 0 aliphatic carbocycles. The van der Waals surface area contributed by atoms with Crippen LogP contribution in [0.1, 0.15) is 49.3 Å². The molecule has 4 nitrogen and oxygen atoms in total. The molecule has 2 unspecified atom stereocenters. The number of rotatable bonds is 5. The minimum Gasteiger partial charge on any atom is -0.347 e. The summed E-state index contributed by atoms with van der Waals surface area (Å²) in [4.78, 5) is 12.6. The molecule has 2 aromatic rings. The lowest BCUT2D eigenvalue weighted by Crippen LogP contribution is -2.34. The summed E-state index contributed by atoms with van der Waals surface area (Å²) in [5, 5.41) is 7.57. The number of benzene rings is 1. The predicted molar refractivity (Wildman–Crippen MR) is 91.7 cm³/mol. The van der Waals surface area contributed by atoms with Gasteiger partial charge in [-0.15, -0.1) is 0 Å². The number of hydrogen-bond acceptors (Lipinski definition) is 2. The molecule has 0 fully saturated rings. The van der Waals surface area contributed by atoms with Crippen LogP contribution in [0.4, 0.5) is 0 Å². The van der Waals surface area contributed by atoms with E-state index in [4.69, 9.17) is 0 Å². The topological polar surface area (TPSA) is 46.9 Å². The van der Waals surface area contributed by atoms with Crippen molar-refractivity contribution in [1.82, 2.24) is 15.1 Å². The van der Waals surface area contributed by atoms with E-state index < -0.39 is 0 Å². The largest absolute Gasteiger partial charge is 0.347 e. The Labute approximate surface area is 140 Å². The van der Waals surface area contributed by atoms with Crippen molar-refractivity contribution in [3.8, 4) is 0 Å². The van der Waals surface area contributed by atoms with Gasteiger partial charge in [-0.05, 0) is 48.7 Å². The highest BCUT2D eigenvalue weighted by Gasteiger charge is 2.22. The summed E-state index contributed by atoms with van der Waals surface area (Å²) in [6, 6.07) is 9.73. The maximum Gasteiger partial charge on any atom is 0.245 e. The third-order valence-electron chi connectivity index (χ3n) is 3.91. The van der Waals surface area contributed by atoms with Crippen LogP contribution in [0, 0.1) is 13.8 Å². The van der Waals surface area contributed by atoms with Gasteiger partial charge in [0.15, 0.2) is 0 Å². The van der Waals surface area contributed by atoms with E-state index in [-0.39, 0.29) is 18.0 Å². The van der Waals surface area contributed by atoms with Gasteiger partial charge >= 0.3 is 0 Å². The summed E-state index contributed by atoms with van der Waals surface area (Å²) in [6.07, 6.45) is 0.850. The van der Waals surface area contributed by atoms with Gasteiger partial charge in [0.1, 0.15) is 6.04 Å². The van der Waals surface area contributed by atoms with E-state index in [2.05, 4.69) is 33.3 Å². The maximum absolute atomic E-state index is 12.6. The molecule has 22 heavy (non-hydrogen) atoms. The second-order valence-corrected chi connectivity index (χ2v) is 6.28. The van der Waals surface area contributed by atoms with Gasteiger partial charge in [-0.3, -0.25) is 9.48 Å². The summed E-state index contributed by atoms with van der Waals surface area (Å²) >= 11 is 3.50. The number of aryl methyl sites for hydroxylation is 1. The van der Waals surface area contributed by atoms with Crippen LogP contribution in [0.15, 0.2) is 34.8 Å². The highest BCUT2D eigenvalue weighted by atomic mass is 79.9. The van der Waals surface area contributed by atoms with Crippen LogP contribution in [0.25, 0.3) is 0 Å². The molecule has 1 aromatic heterocycles. The smallest absolute Gasteiger partial charge is 0.245 e. The van der Waals surface area contributed by atoms with E-state index in [0.717, 1.165) is 27.8 Å². The highest BCUT2D eigenvalue weighted by Crippen LogP contribution is 2.24. The van der Waals surface area contributed by atoms with E-state index in [1.54, 1.807) is 4.68 Å². The van der Waals surface area contributed by atoms with E-state index in [1.807, 2.05) is 51.1 Å². The lowest BCUT2D eigenvalue weighted by Gasteiger charge is -2.21. The third-order valence-corrected chi connectivity index (χ3v) is 5.06. The van der Waals surface area contributed by atoms with E-state index in [9.17, 15) is 4.79 Å². The average molecular weight is 364 g/mol. The summed E-state index contributed by atoms with van der Waals surface area (Å²) in [6.45, 7) is 7.83. The Morgan fingerprint density at radius 2 is 1.95 bits per heavy atom. The van der Waals surface area contributed by atoms with Crippen molar-refractivity contribution in [1.29, 1.82) is 0 Å². The van der Waals surface area contributed by atoms with Crippen molar-refractivity contribution >= 4 is 21.8 Å². The normalized spacial score (nSPS) is 13.7. The van der Waals surface area contributed by atoms with E-state index in [0.29, 0.717) is 0 Å². The molecule has 1 N–H and O–H groups in total. The lowest BCUT2D eigenvalue weighted by molar-refractivity contribution is -0.125. The SMILES string of the molecule is CCC(NC(=O)C(C)n1nc(C)c(Br)c1C)c1ccccc1. The fraction of sp³-hybridized carbons (Fsp3) is 0.412. The Bertz CT molecular complexity index is 651. The molecule has 2 rings (SSSR count). The minimum absolute atomic E-state index is 0.0196. The monoisotopic (exact) mass is 363 g/mol. The van der Waals surface area contributed by atoms with E-state index in [1.165, 1.54) is 0 Å². The molecule has 0 saturated carbocycles. The summed E-state index contributed by atoms with van der Waals surface area (Å²) < 4.78 is 2.73. The second-order valence-electron chi connectivity index (χ2n) is 5.49. The zero-order valence-corrected chi connectivity index (χ0v) is 15.0. The van der Waals surface area contributed by atoms with Crippen molar-refractivity contribution in [2.24, 2.45) is 0 Å². The fourth-order valence-electron chi connectivity index (χ4n) is 2.53. The van der Waals surface area contributed by atoms with Gasteiger partial charge in [0, 0.05) is 0 Å². The Morgan fingerprint density at radius 1 is 1.32 bits per heavy atom. The molecular weight excluding hydrogens is 342 g/mol. The van der Waals surface area contributed by atoms with Crippen molar-refractivity contribution in [2.75, 3.05) is 0 Å². The molecule has 0 aliphatic heterocycles. The number of hydrogen-bond donors (Lipinski definition) is 1. The zero-order valence-electron chi connectivity index (χ0n) is 13.4. The number of aromatic nitrogens is 2. The van der Waals surface area contributed by atoms with Crippen LogP contribution < -0.4 is 5.32 Å². The molecule has 5 heteroatoms. The molecule has 1 heterocycles. The number of carbonyl (C=O) groups excluding carboxylic acids is 1. The van der Waals surface area contributed by atoms with Gasteiger partial charge < -0.3 is 5.32 Å². The molecule has 118 valence electrons. The Hall–Kier alpha value is -1.62. The Morgan fingerprint density at radius 3 is 2.45 bits per heavy atom. The van der Waals surface area contributed by atoms with Crippen molar-refractivity contribution < 1.29 is 4.79 Å². The molecule has 0 spiro atoms. The van der Waals surface area contributed by atoms with Gasteiger partial charge in [-0.2, -0.15) is 5.10 Å². The number of nitrogens with one attached hydrogen (secondary N) is 1. The van der Waals surface area contributed by atoms with Crippen LogP contribution >= 0.6 is 15.9 Å². The van der Waals surface area contributed by atoms with Gasteiger partial charge in [0.25, 0.3) is 0 Å². The highest BCUT2D eigenvalue weighted by molar-refractivity contribution is 9.10. The minimum atomic E-state index is -0.345. The van der Waals surface area contributed by atoms with Gasteiger partial charge in [-0.1, -0.05) is 37.3 Å². The summed E-state index contributed by atoms with van der Waals surface area (Å²) in [5.74, 6) is -0.0196. The first kappa shape index (κ1) is 16.7. The number of amides is 1. The first-order valence-corrected chi connectivity index (χ1v) is 8.31. The maximum atomic E-state index is 12.6. The van der Waals surface area contributed by atoms with Gasteiger partial charge in [0.2, 0.25) is 5.91 Å². The van der Waals surface area contributed by atoms with E-state index >= 15 is 0 Å². The van der Waals surface area contributed by atoms with Crippen LogP contribution in [0.2, 0.25) is 0 Å². The quantitative estimate of drug-likeness (QED) is 0.869. The Balaban J connectivity index is 2.15. The van der Waals surface area contributed by atoms with Crippen LogP contribution in [-0.4, -0.2) is 15.7 Å². The van der Waals surface area contributed by atoms with Crippen molar-refractivity contribution in [3.05, 3.63) is 51.8 Å². The molecular formula is C17H22BrN3O. The lowest BCUT2D eigenvalue weighted by atomic mass is 10.0. The van der Waals surface area contributed by atoms with Crippen molar-refractivity contribution in [2.45, 2.75) is 46.2 Å².